The lowest BCUT2D eigenvalue weighted by Gasteiger charge is -2.02. The van der Waals surface area contributed by atoms with Gasteiger partial charge in [-0.1, -0.05) is 5.21 Å². The molecule has 7 heteroatoms. The summed E-state index contributed by atoms with van der Waals surface area (Å²) in [6.45, 7) is 0.528. The molecule has 1 aromatic heterocycles. The van der Waals surface area contributed by atoms with Crippen LogP contribution in [0.5, 0.6) is 0 Å². The fraction of sp³-hybridized carbons (Fsp3) is 0.692. The molecule has 1 amide bonds. The molecule has 1 heterocycles. The van der Waals surface area contributed by atoms with Gasteiger partial charge in [-0.15, -0.1) is 5.10 Å². The Labute approximate surface area is 117 Å². The smallest absolute Gasteiger partial charge is 0.303 e. The lowest BCUT2D eigenvalue weighted by Crippen LogP contribution is -2.26. The molecular weight excluding hydrogens is 260 g/mol. The summed E-state index contributed by atoms with van der Waals surface area (Å²) in [4.78, 5) is 21.9. The van der Waals surface area contributed by atoms with Crippen LogP contribution in [0.2, 0.25) is 0 Å². The van der Waals surface area contributed by atoms with Crippen molar-refractivity contribution in [2.75, 3.05) is 0 Å². The molecule has 0 aliphatic heterocycles. The van der Waals surface area contributed by atoms with Crippen molar-refractivity contribution in [1.29, 1.82) is 0 Å². The first kappa shape index (κ1) is 14.5. The van der Waals surface area contributed by atoms with E-state index in [4.69, 9.17) is 5.11 Å². The number of carbonyl (C=O) groups excluding carboxylic acids is 1. The number of carboxylic acid groups (broad SMARTS) is 1. The van der Waals surface area contributed by atoms with Gasteiger partial charge in [0.2, 0.25) is 5.91 Å². The molecule has 0 aromatic carbocycles. The number of hydrogen-bond acceptors (Lipinski definition) is 4. The molecule has 7 nitrogen and oxygen atoms in total. The second kappa shape index (κ2) is 7.02. The highest BCUT2D eigenvalue weighted by Gasteiger charge is 2.22. The molecule has 0 bridgehead atoms. The lowest BCUT2D eigenvalue weighted by atomic mass is 10.1. The molecule has 1 saturated carbocycles. The average Bonchev–Trinajstić information content (AvgIpc) is 3.09. The molecule has 110 valence electrons. The number of nitrogens with zero attached hydrogens (tertiary/aromatic N) is 3. The Bertz CT molecular complexity index is 468. The molecule has 0 unspecified atom stereocenters. The van der Waals surface area contributed by atoms with Crippen LogP contribution in [-0.2, 0) is 22.6 Å². The first-order valence-corrected chi connectivity index (χ1v) is 7.03. The molecule has 0 radical (unpaired) electrons. The topological polar surface area (TPSA) is 97.1 Å². The van der Waals surface area contributed by atoms with E-state index >= 15 is 0 Å². The SMILES string of the molecule is O=C(O)CCCCc1cn(CCC(=O)NC2CC2)nn1. The number of unbranched alkanes of at least 4 members (excludes halogenated alkanes) is 1. The molecule has 1 aromatic rings. The Hall–Kier alpha value is -1.92. The van der Waals surface area contributed by atoms with Gasteiger partial charge in [0, 0.05) is 25.1 Å². The van der Waals surface area contributed by atoms with E-state index in [2.05, 4.69) is 15.6 Å². The number of aryl methyl sites for hydroxylation is 2. The lowest BCUT2D eigenvalue weighted by molar-refractivity contribution is -0.137. The minimum absolute atomic E-state index is 0.0611. The van der Waals surface area contributed by atoms with Gasteiger partial charge in [-0.05, 0) is 32.1 Å². The Morgan fingerprint density at radius 3 is 2.85 bits per heavy atom. The highest BCUT2D eigenvalue weighted by molar-refractivity contribution is 5.76. The summed E-state index contributed by atoms with van der Waals surface area (Å²) < 4.78 is 1.67. The Morgan fingerprint density at radius 1 is 1.35 bits per heavy atom. The number of carbonyl (C=O) groups is 2. The summed E-state index contributed by atoms with van der Waals surface area (Å²) in [7, 11) is 0. The van der Waals surface area contributed by atoms with Gasteiger partial charge in [0.15, 0.2) is 0 Å². The predicted octanol–water partition coefficient (Wildman–Crippen LogP) is 0.744. The van der Waals surface area contributed by atoms with Crippen molar-refractivity contribution in [2.45, 2.75) is 57.5 Å². The number of nitrogens with one attached hydrogen (secondary N) is 1. The van der Waals surface area contributed by atoms with Crippen LogP contribution in [0.15, 0.2) is 6.20 Å². The van der Waals surface area contributed by atoms with Gasteiger partial charge < -0.3 is 10.4 Å². The largest absolute Gasteiger partial charge is 0.481 e. The molecule has 1 aliphatic carbocycles. The third kappa shape index (κ3) is 5.38. The number of amides is 1. The molecule has 2 rings (SSSR count). The highest BCUT2D eigenvalue weighted by Crippen LogP contribution is 2.18. The molecule has 1 fully saturated rings. The van der Waals surface area contributed by atoms with Gasteiger partial charge in [-0.2, -0.15) is 0 Å². The normalized spacial score (nSPS) is 14.2. The van der Waals surface area contributed by atoms with Crippen molar-refractivity contribution >= 4 is 11.9 Å². The minimum atomic E-state index is -0.768. The van der Waals surface area contributed by atoms with Crippen LogP contribution in [0, 0.1) is 0 Å². The first-order chi connectivity index (χ1) is 9.63. The van der Waals surface area contributed by atoms with Crippen LogP contribution in [0.4, 0.5) is 0 Å². The van der Waals surface area contributed by atoms with Crippen molar-refractivity contribution in [3.05, 3.63) is 11.9 Å². The maximum absolute atomic E-state index is 11.5. The molecule has 20 heavy (non-hydrogen) atoms. The summed E-state index contributed by atoms with van der Waals surface area (Å²) in [5.41, 5.74) is 0.845. The van der Waals surface area contributed by atoms with Crippen LogP contribution >= 0.6 is 0 Å². The van der Waals surface area contributed by atoms with Crippen molar-refractivity contribution in [3.63, 3.8) is 0 Å². The Kier molecular flexibility index (Phi) is 5.09. The van der Waals surface area contributed by atoms with Gasteiger partial charge >= 0.3 is 5.97 Å². The second-order valence-corrected chi connectivity index (χ2v) is 5.17. The van der Waals surface area contributed by atoms with Crippen LogP contribution in [-0.4, -0.2) is 38.0 Å². The quantitative estimate of drug-likeness (QED) is 0.650. The third-order valence-electron chi connectivity index (χ3n) is 3.17. The average molecular weight is 280 g/mol. The van der Waals surface area contributed by atoms with Crippen LogP contribution in [0.3, 0.4) is 0 Å². The third-order valence-corrected chi connectivity index (χ3v) is 3.17. The molecule has 2 N–H and O–H groups in total. The number of carboxylic acids is 1. The van der Waals surface area contributed by atoms with Crippen molar-refractivity contribution in [1.82, 2.24) is 20.3 Å². The summed E-state index contributed by atoms with van der Waals surface area (Å²) in [5.74, 6) is -0.707. The summed E-state index contributed by atoms with van der Waals surface area (Å²) in [6, 6.07) is 0.392. The van der Waals surface area contributed by atoms with Gasteiger partial charge in [-0.25, -0.2) is 0 Å². The number of hydrogen-bond donors (Lipinski definition) is 2. The molecule has 1 aliphatic rings. The zero-order valence-electron chi connectivity index (χ0n) is 11.4. The highest BCUT2D eigenvalue weighted by atomic mass is 16.4. The van der Waals surface area contributed by atoms with E-state index in [1.807, 2.05) is 6.20 Å². The Balaban J connectivity index is 1.63. The zero-order valence-corrected chi connectivity index (χ0v) is 11.4. The van der Waals surface area contributed by atoms with Gasteiger partial charge in [-0.3, -0.25) is 14.3 Å². The zero-order chi connectivity index (χ0) is 14.4. The van der Waals surface area contributed by atoms with E-state index < -0.39 is 5.97 Å². The van der Waals surface area contributed by atoms with Gasteiger partial charge in [0.25, 0.3) is 0 Å². The number of aromatic nitrogens is 3. The summed E-state index contributed by atoms with van der Waals surface area (Å²) in [5, 5.41) is 19.4. The van der Waals surface area contributed by atoms with E-state index in [0.29, 0.717) is 25.4 Å². The summed E-state index contributed by atoms with van der Waals surface area (Å²) >= 11 is 0. The van der Waals surface area contributed by atoms with E-state index in [9.17, 15) is 9.59 Å². The van der Waals surface area contributed by atoms with E-state index in [1.165, 1.54) is 0 Å². The van der Waals surface area contributed by atoms with Crippen LogP contribution in [0.1, 0.15) is 44.2 Å². The van der Waals surface area contributed by atoms with E-state index in [0.717, 1.165) is 31.4 Å². The minimum Gasteiger partial charge on any atom is -0.481 e. The van der Waals surface area contributed by atoms with Gasteiger partial charge in [0.1, 0.15) is 0 Å². The van der Waals surface area contributed by atoms with Crippen molar-refractivity contribution < 1.29 is 14.7 Å². The fourth-order valence-electron chi connectivity index (χ4n) is 1.89. The monoisotopic (exact) mass is 280 g/mol. The van der Waals surface area contributed by atoms with Gasteiger partial charge in [0.05, 0.1) is 12.2 Å². The van der Waals surface area contributed by atoms with E-state index in [-0.39, 0.29) is 12.3 Å². The van der Waals surface area contributed by atoms with Crippen molar-refractivity contribution in [3.8, 4) is 0 Å². The Morgan fingerprint density at radius 2 is 2.15 bits per heavy atom. The van der Waals surface area contributed by atoms with Crippen LogP contribution in [0.25, 0.3) is 0 Å². The van der Waals surface area contributed by atoms with Crippen LogP contribution < -0.4 is 5.32 Å². The second-order valence-electron chi connectivity index (χ2n) is 5.17. The fourth-order valence-corrected chi connectivity index (χ4v) is 1.89. The molecule has 0 atom stereocenters. The molecule has 0 spiro atoms. The van der Waals surface area contributed by atoms with Crippen molar-refractivity contribution in [2.24, 2.45) is 0 Å². The number of rotatable bonds is 9. The maximum Gasteiger partial charge on any atom is 0.303 e. The van der Waals surface area contributed by atoms with E-state index in [1.54, 1.807) is 4.68 Å². The predicted molar refractivity (Wildman–Crippen MR) is 71.0 cm³/mol. The first-order valence-electron chi connectivity index (χ1n) is 7.03. The molecular formula is C13H20N4O3. The number of aliphatic carboxylic acids is 1. The standard InChI is InChI=1S/C13H20N4O3/c18-12(14-10-5-6-10)7-8-17-9-11(15-16-17)3-1-2-4-13(19)20/h9-10H,1-8H2,(H,14,18)(H,19,20). The summed E-state index contributed by atoms with van der Waals surface area (Å²) in [6.07, 6.45) is 6.77. The molecule has 0 saturated heterocycles. The maximum atomic E-state index is 11.5.